The Kier molecular flexibility index (Phi) is 2.55. The first-order valence-corrected chi connectivity index (χ1v) is 6.24. The molecule has 0 saturated heterocycles. The van der Waals surface area contributed by atoms with Gasteiger partial charge in [-0.2, -0.15) is 0 Å². The van der Waals surface area contributed by atoms with E-state index < -0.39 is 0 Å². The van der Waals surface area contributed by atoms with Gasteiger partial charge in [-0.1, -0.05) is 25.7 Å². The van der Waals surface area contributed by atoms with Crippen LogP contribution in [-0.2, 0) is 5.54 Å². The molecule has 17 heavy (non-hydrogen) atoms. The van der Waals surface area contributed by atoms with E-state index in [1.54, 1.807) is 12.4 Å². The Hall–Kier alpha value is -1.49. The Bertz CT molecular complexity index is 510. The summed E-state index contributed by atoms with van der Waals surface area (Å²) >= 11 is 0. The fourth-order valence-corrected chi connectivity index (χ4v) is 2.68. The van der Waals surface area contributed by atoms with Crippen molar-refractivity contribution in [3.63, 3.8) is 0 Å². The van der Waals surface area contributed by atoms with Crippen molar-refractivity contribution in [2.75, 3.05) is 0 Å². The summed E-state index contributed by atoms with van der Waals surface area (Å²) in [6.45, 7) is 0. The number of hydrogen-bond acceptors (Lipinski definition) is 4. The van der Waals surface area contributed by atoms with Crippen LogP contribution in [0.1, 0.15) is 44.3 Å². The molecule has 2 N–H and O–H groups in total. The van der Waals surface area contributed by atoms with E-state index in [0.717, 1.165) is 24.3 Å². The van der Waals surface area contributed by atoms with E-state index in [1.807, 2.05) is 10.6 Å². The maximum absolute atomic E-state index is 6.55. The van der Waals surface area contributed by atoms with Crippen LogP contribution < -0.4 is 5.73 Å². The van der Waals surface area contributed by atoms with Gasteiger partial charge in [0, 0.05) is 12.4 Å². The van der Waals surface area contributed by atoms with Gasteiger partial charge >= 0.3 is 0 Å². The molecule has 0 unspecified atom stereocenters. The van der Waals surface area contributed by atoms with E-state index in [9.17, 15) is 0 Å². The number of aromatic nitrogens is 4. The lowest BCUT2D eigenvalue weighted by atomic mass is 9.90. The first kappa shape index (κ1) is 10.7. The van der Waals surface area contributed by atoms with E-state index in [-0.39, 0.29) is 5.54 Å². The highest BCUT2D eigenvalue weighted by Gasteiger charge is 2.32. The average molecular weight is 231 g/mol. The van der Waals surface area contributed by atoms with Crippen molar-refractivity contribution in [2.24, 2.45) is 5.73 Å². The molecular weight excluding hydrogens is 214 g/mol. The van der Waals surface area contributed by atoms with Crippen molar-refractivity contribution in [1.29, 1.82) is 0 Å². The monoisotopic (exact) mass is 231 g/mol. The third kappa shape index (κ3) is 1.80. The number of nitrogens with zero attached hydrogens (tertiary/aromatic N) is 4. The van der Waals surface area contributed by atoms with Crippen molar-refractivity contribution < 1.29 is 0 Å². The summed E-state index contributed by atoms with van der Waals surface area (Å²) in [4.78, 5) is 4.05. The predicted molar refractivity (Wildman–Crippen MR) is 64.3 cm³/mol. The molecule has 0 radical (unpaired) electrons. The van der Waals surface area contributed by atoms with Gasteiger partial charge in [-0.25, -0.2) is 0 Å². The van der Waals surface area contributed by atoms with Crippen molar-refractivity contribution in [1.82, 2.24) is 19.6 Å². The van der Waals surface area contributed by atoms with Gasteiger partial charge in [0.1, 0.15) is 0 Å². The Balaban J connectivity index is 2.07. The molecule has 0 amide bonds. The summed E-state index contributed by atoms with van der Waals surface area (Å²) in [5.41, 5.74) is 7.00. The van der Waals surface area contributed by atoms with Gasteiger partial charge in [-0.3, -0.25) is 9.38 Å². The lowest BCUT2D eigenvalue weighted by molar-refractivity contribution is 0.359. The lowest BCUT2D eigenvalue weighted by Crippen LogP contribution is -2.38. The van der Waals surface area contributed by atoms with Crippen molar-refractivity contribution in [3.05, 3.63) is 24.4 Å². The van der Waals surface area contributed by atoms with Gasteiger partial charge in [0.2, 0.25) is 0 Å². The topological polar surface area (TPSA) is 69.1 Å². The van der Waals surface area contributed by atoms with Crippen molar-refractivity contribution in [3.8, 4) is 0 Å². The molecule has 5 nitrogen and oxygen atoms in total. The van der Waals surface area contributed by atoms with Gasteiger partial charge in [-0.05, 0) is 12.8 Å². The molecule has 0 aromatic carbocycles. The highest BCUT2D eigenvalue weighted by molar-refractivity contribution is 5.35. The fraction of sp³-hybridized carbons (Fsp3) is 0.583. The van der Waals surface area contributed by atoms with Gasteiger partial charge in [0.25, 0.3) is 0 Å². The second-order valence-corrected chi connectivity index (χ2v) is 4.90. The molecule has 2 aromatic rings. The quantitative estimate of drug-likeness (QED) is 0.757. The van der Waals surface area contributed by atoms with Crippen LogP contribution in [0.2, 0.25) is 0 Å². The summed E-state index contributed by atoms with van der Waals surface area (Å²) in [5.74, 6) is 0.886. The second kappa shape index (κ2) is 4.07. The average Bonchev–Trinajstić information content (AvgIpc) is 2.67. The minimum atomic E-state index is -0.322. The molecule has 0 atom stereocenters. The van der Waals surface area contributed by atoms with Crippen molar-refractivity contribution >= 4 is 5.65 Å². The number of fused-ring (bicyclic) bond motifs is 1. The molecule has 0 spiro atoms. The molecule has 0 aliphatic heterocycles. The summed E-state index contributed by atoms with van der Waals surface area (Å²) in [5, 5.41) is 8.42. The summed E-state index contributed by atoms with van der Waals surface area (Å²) in [6.07, 6.45) is 12.3. The van der Waals surface area contributed by atoms with Crippen LogP contribution >= 0.6 is 0 Å². The second-order valence-electron chi connectivity index (χ2n) is 4.90. The van der Waals surface area contributed by atoms with E-state index in [1.165, 1.54) is 25.7 Å². The fourth-order valence-electron chi connectivity index (χ4n) is 2.68. The molecule has 1 aliphatic carbocycles. The summed E-state index contributed by atoms with van der Waals surface area (Å²) < 4.78 is 1.97. The Morgan fingerprint density at radius 3 is 2.65 bits per heavy atom. The zero-order chi connectivity index (χ0) is 11.7. The molecule has 1 aliphatic rings. The maximum Gasteiger partial charge on any atom is 0.179 e. The third-order valence-electron chi connectivity index (χ3n) is 3.66. The molecule has 90 valence electrons. The van der Waals surface area contributed by atoms with Gasteiger partial charge < -0.3 is 5.73 Å². The Labute approximate surface area is 100 Å². The summed E-state index contributed by atoms with van der Waals surface area (Å²) in [6, 6.07) is 0. The van der Waals surface area contributed by atoms with Gasteiger partial charge in [0.15, 0.2) is 11.5 Å². The molecular formula is C12H17N5. The smallest absolute Gasteiger partial charge is 0.179 e. The minimum absolute atomic E-state index is 0.322. The van der Waals surface area contributed by atoms with E-state index in [0.29, 0.717) is 0 Å². The minimum Gasteiger partial charge on any atom is -0.319 e. The molecule has 1 fully saturated rings. The lowest BCUT2D eigenvalue weighted by Gasteiger charge is -2.25. The molecule has 2 heterocycles. The van der Waals surface area contributed by atoms with E-state index in [4.69, 9.17) is 5.73 Å². The zero-order valence-electron chi connectivity index (χ0n) is 9.84. The first-order chi connectivity index (χ1) is 8.30. The van der Waals surface area contributed by atoms with Crippen LogP contribution in [0.4, 0.5) is 0 Å². The van der Waals surface area contributed by atoms with Crippen LogP contribution in [0.15, 0.2) is 18.6 Å². The standard InChI is InChI=1S/C12H17N5/c13-12(5-3-1-2-4-6-12)11-16-15-10-9-14-7-8-17(10)11/h7-9H,1-6,13H2. The van der Waals surface area contributed by atoms with Crippen LogP contribution in [0.25, 0.3) is 5.65 Å². The van der Waals surface area contributed by atoms with Gasteiger partial charge in [0.05, 0.1) is 11.7 Å². The number of rotatable bonds is 1. The Morgan fingerprint density at radius 2 is 1.88 bits per heavy atom. The molecule has 2 aromatic heterocycles. The molecule has 1 saturated carbocycles. The van der Waals surface area contributed by atoms with Gasteiger partial charge in [-0.15, -0.1) is 10.2 Å². The van der Waals surface area contributed by atoms with E-state index in [2.05, 4.69) is 15.2 Å². The summed E-state index contributed by atoms with van der Waals surface area (Å²) in [7, 11) is 0. The Morgan fingerprint density at radius 1 is 1.12 bits per heavy atom. The highest BCUT2D eigenvalue weighted by atomic mass is 15.3. The molecule has 5 heteroatoms. The zero-order valence-corrected chi connectivity index (χ0v) is 9.84. The number of hydrogen-bond donors (Lipinski definition) is 1. The van der Waals surface area contributed by atoms with Crippen LogP contribution in [0.5, 0.6) is 0 Å². The van der Waals surface area contributed by atoms with Crippen LogP contribution in [0, 0.1) is 0 Å². The molecule has 0 bridgehead atoms. The predicted octanol–water partition coefficient (Wildman–Crippen LogP) is 1.63. The normalized spacial score (nSPS) is 20.3. The van der Waals surface area contributed by atoms with Crippen molar-refractivity contribution in [2.45, 2.75) is 44.1 Å². The highest BCUT2D eigenvalue weighted by Crippen LogP contribution is 2.32. The molecule has 3 rings (SSSR count). The number of nitrogens with two attached hydrogens (primary N) is 1. The van der Waals surface area contributed by atoms with Crippen LogP contribution in [-0.4, -0.2) is 19.6 Å². The third-order valence-corrected chi connectivity index (χ3v) is 3.66. The maximum atomic E-state index is 6.55. The largest absolute Gasteiger partial charge is 0.319 e. The van der Waals surface area contributed by atoms with E-state index >= 15 is 0 Å². The SMILES string of the molecule is NC1(c2nnc3cnccn23)CCCCCC1. The first-order valence-electron chi connectivity index (χ1n) is 6.24. The van der Waals surface area contributed by atoms with Crippen LogP contribution in [0.3, 0.4) is 0 Å².